The van der Waals surface area contributed by atoms with E-state index in [0.717, 1.165) is 24.7 Å². The molecule has 0 atom stereocenters. The summed E-state index contributed by atoms with van der Waals surface area (Å²) in [4.78, 5) is 0. The molecular formula is C8H16. The second-order valence-corrected chi connectivity index (χ2v) is 2.58. The van der Waals surface area contributed by atoms with E-state index >= 15 is 0 Å². The summed E-state index contributed by atoms with van der Waals surface area (Å²) in [6, 6.07) is 0. The first-order valence-electron chi connectivity index (χ1n) is 3.30. The first-order valence-corrected chi connectivity index (χ1v) is 3.30. The van der Waals surface area contributed by atoms with E-state index < -0.39 is 0 Å². The fraction of sp³-hybridized carbons (Fsp3) is 0.750. The Morgan fingerprint density at radius 1 is 1.12 bits per heavy atom. The number of hydrogen-bond donors (Lipinski definition) is 0. The van der Waals surface area contributed by atoms with Gasteiger partial charge in [-0.3, -0.25) is 0 Å². The Morgan fingerprint density at radius 2 is 1.50 bits per heavy atom. The molecule has 0 N–H and O–H groups in total. The summed E-state index contributed by atoms with van der Waals surface area (Å²) in [6.07, 6.45) is 2.06. The lowest BCUT2D eigenvalue weighted by Gasteiger charge is -2.15. The first kappa shape index (κ1) is 8.00. The lowest BCUT2D eigenvalue weighted by atomic mass is 9.91. The van der Waals surface area contributed by atoms with Gasteiger partial charge in [-0.15, -0.1) is 0 Å². The average Bonchev–Trinajstić information content (AvgIpc) is 1.69. The molecule has 8 heavy (non-hydrogen) atoms. The molecule has 0 aromatic carbocycles. The zero-order valence-electron chi connectivity index (χ0n) is 5.98. The Kier molecular flexibility index (Phi) is 3.94. The van der Waals surface area contributed by atoms with E-state index in [-0.39, 0.29) is 0 Å². The molecule has 0 aromatic heterocycles. The van der Waals surface area contributed by atoms with Gasteiger partial charge in [0.15, 0.2) is 0 Å². The van der Waals surface area contributed by atoms with Crippen LogP contribution in [0.15, 0.2) is 0 Å². The number of rotatable bonds is 3. The molecule has 0 bridgehead atoms. The molecule has 0 saturated heterocycles. The molecule has 48 valence electrons. The maximum Gasteiger partial charge on any atom is -0.0391 e. The zero-order valence-corrected chi connectivity index (χ0v) is 5.98. The van der Waals surface area contributed by atoms with Gasteiger partial charge in [0.25, 0.3) is 0 Å². The highest BCUT2D eigenvalue weighted by Gasteiger charge is 2.06. The molecule has 0 aliphatic heterocycles. The predicted molar refractivity (Wildman–Crippen MR) is 38.3 cm³/mol. The van der Waals surface area contributed by atoms with Crippen molar-refractivity contribution in [2.24, 2.45) is 11.8 Å². The Labute approximate surface area is 53.3 Å². The van der Waals surface area contributed by atoms with Crippen molar-refractivity contribution in [3.8, 4) is 0 Å². The Hall–Kier alpha value is 0. The van der Waals surface area contributed by atoms with E-state index in [0.29, 0.717) is 0 Å². The summed E-state index contributed by atoms with van der Waals surface area (Å²) < 4.78 is 0. The zero-order chi connectivity index (χ0) is 6.57. The summed E-state index contributed by atoms with van der Waals surface area (Å²) >= 11 is 0. The summed E-state index contributed by atoms with van der Waals surface area (Å²) in [5, 5.41) is 0. The van der Waals surface area contributed by atoms with Crippen molar-refractivity contribution >= 4 is 0 Å². The van der Waals surface area contributed by atoms with Gasteiger partial charge in [0.1, 0.15) is 0 Å². The van der Waals surface area contributed by atoms with Crippen LogP contribution in [0.5, 0.6) is 0 Å². The van der Waals surface area contributed by atoms with Gasteiger partial charge in [-0.1, -0.05) is 40.5 Å². The summed E-state index contributed by atoms with van der Waals surface area (Å²) in [6.45, 7) is 12.1. The van der Waals surface area contributed by atoms with Crippen LogP contribution in [0.3, 0.4) is 0 Å². The van der Waals surface area contributed by atoms with E-state index in [1.54, 1.807) is 0 Å². The van der Waals surface area contributed by atoms with Crippen LogP contribution >= 0.6 is 0 Å². The maximum atomic E-state index is 3.84. The minimum absolute atomic E-state index is 0.731. The van der Waals surface area contributed by atoms with Gasteiger partial charge in [0.05, 0.1) is 0 Å². The quantitative estimate of drug-likeness (QED) is 0.526. The van der Waals surface area contributed by atoms with Crippen LogP contribution in [0.2, 0.25) is 0 Å². The summed E-state index contributed by atoms with van der Waals surface area (Å²) in [5.74, 6) is 1.49. The van der Waals surface area contributed by atoms with Crippen LogP contribution in [0.4, 0.5) is 0 Å². The van der Waals surface area contributed by atoms with E-state index in [2.05, 4.69) is 27.7 Å². The van der Waals surface area contributed by atoms with Gasteiger partial charge in [-0.25, -0.2) is 0 Å². The highest BCUT2D eigenvalue weighted by atomic mass is 14.1. The van der Waals surface area contributed by atoms with Crippen molar-refractivity contribution in [2.75, 3.05) is 0 Å². The van der Waals surface area contributed by atoms with Gasteiger partial charge >= 0.3 is 0 Å². The van der Waals surface area contributed by atoms with Crippen molar-refractivity contribution in [2.45, 2.75) is 26.7 Å². The van der Waals surface area contributed by atoms with Crippen LogP contribution in [-0.2, 0) is 0 Å². The monoisotopic (exact) mass is 112 g/mol. The van der Waals surface area contributed by atoms with Gasteiger partial charge in [0, 0.05) is 0 Å². The molecule has 0 aliphatic carbocycles. The topological polar surface area (TPSA) is 0 Å². The smallest absolute Gasteiger partial charge is 0.0391 e. The standard InChI is InChI=1S/C8H16/c1-5-8(6-2)7(3)4/h7-8H,1-2,5-6H2,3-4H3. The molecule has 0 heteroatoms. The third-order valence-corrected chi connectivity index (χ3v) is 1.68. The van der Waals surface area contributed by atoms with Crippen molar-refractivity contribution in [1.29, 1.82) is 0 Å². The lowest BCUT2D eigenvalue weighted by Crippen LogP contribution is -2.04. The van der Waals surface area contributed by atoms with E-state index in [1.807, 2.05) is 0 Å². The predicted octanol–water partition coefficient (Wildman–Crippen LogP) is 2.71. The van der Waals surface area contributed by atoms with Crippen LogP contribution in [-0.4, -0.2) is 0 Å². The molecule has 0 fully saturated rings. The normalized spacial score (nSPS) is 11.2. The first-order chi connectivity index (χ1) is 3.72. The molecule has 0 unspecified atom stereocenters. The summed E-state index contributed by atoms with van der Waals surface area (Å²) in [5.41, 5.74) is 0. The molecule has 0 aliphatic rings. The van der Waals surface area contributed by atoms with Crippen LogP contribution < -0.4 is 0 Å². The molecular weight excluding hydrogens is 96.1 g/mol. The third-order valence-electron chi connectivity index (χ3n) is 1.68. The second kappa shape index (κ2) is 3.94. The lowest BCUT2D eigenvalue weighted by molar-refractivity contribution is 0.390. The highest BCUT2D eigenvalue weighted by Crippen LogP contribution is 2.16. The van der Waals surface area contributed by atoms with Crippen molar-refractivity contribution in [3.05, 3.63) is 13.8 Å². The SMILES string of the molecule is [CH2]CC(C[CH2])C(C)C. The molecule has 0 heterocycles. The van der Waals surface area contributed by atoms with Crippen molar-refractivity contribution < 1.29 is 0 Å². The third kappa shape index (κ3) is 2.34. The molecule has 0 spiro atoms. The Morgan fingerprint density at radius 3 is 1.50 bits per heavy atom. The molecule has 0 aromatic rings. The van der Waals surface area contributed by atoms with Gasteiger partial charge < -0.3 is 0 Å². The molecule has 0 rings (SSSR count). The average molecular weight is 112 g/mol. The largest absolute Gasteiger partial charge is 0.0625 e. The van der Waals surface area contributed by atoms with Gasteiger partial charge in [-0.2, -0.15) is 0 Å². The molecule has 0 amide bonds. The van der Waals surface area contributed by atoms with Crippen molar-refractivity contribution in [1.82, 2.24) is 0 Å². The van der Waals surface area contributed by atoms with Crippen LogP contribution in [0.25, 0.3) is 0 Å². The Bertz CT molecular complexity index is 42.0. The van der Waals surface area contributed by atoms with Crippen LogP contribution in [0, 0.1) is 25.7 Å². The fourth-order valence-electron chi connectivity index (χ4n) is 0.811. The van der Waals surface area contributed by atoms with E-state index in [4.69, 9.17) is 0 Å². The van der Waals surface area contributed by atoms with E-state index in [1.165, 1.54) is 0 Å². The minimum atomic E-state index is 0.731. The van der Waals surface area contributed by atoms with Crippen LogP contribution in [0.1, 0.15) is 26.7 Å². The van der Waals surface area contributed by atoms with Gasteiger partial charge in [-0.05, 0) is 11.8 Å². The van der Waals surface area contributed by atoms with E-state index in [9.17, 15) is 0 Å². The maximum absolute atomic E-state index is 3.84. The number of hydrogen-bond acceptors (Lipinski definition) is 0. The molecule has 0 nitrogen and oxygen atoms in total. The Balaban J connectivity index is 3.35. The minimum Gasteiger partial charge on any atom is -0.0625 e. The second-order valence-electron chi connectivity index (χ2n) is 2.58. The van der Waals surface area contributed by atoms with Crippen molar-refractivity contribution in [3.63, 3.8) is 0 Å². The highest BCUT2D eigenvalue weighted by molar-refractivity contribution is 4.64. The fourth-order valence-corrected chi connectivity index (χ4v) is 0.811. The molecule has 0 saturated carbocycles. The summed E-state index contributed by atoms with van der Waals surface area (Å²) in [7, 11) is 0. The van der Waals surface area contributed by atoms with Gasteiger partial charge in [0.2, 0.25) is 0 Å². The molecule has 2 radical (unpaired) electrons.